The number of aryl methyl sites for hydroxylation is 1. The lowest BCUT2D eigenvalue weighted by molar-refractivity contribution is 0.192. The molecule has 0 radical (unpaired) electrons. The molecule has 0 atom stereocenters. The number of anilines is 2. The van der Waals surface area contributed by atoms with Gasteiger partial charge in [0.25, 0.3) is 0 Å². The number of nitrogens with one attached hydrogen (secondary N) is 1. The molecule has 10 nitrogen and oxygen atoms in total. The first-order valence-corrected chi connectivity index (χ1v) is 12.5. The van der Waals surface area contributed by atoms with E-state index >= 15 is 0 Å². The Labute approximate surface area is 221 Å². The fourth-order valence-electron chi connectivity index (χ4n) is 4.71. The highest BCUT2D eigenvalue weighted by molar-refractivity contribution is 5.94. The Morgan fingerprint density at radius 1 is 0.868 bits per heavy atom. The summed E-state index contributed by atoms with van der Waals surface area (Å²) in [6.45, 7) is 4.99. The summed E-state index contributed by atoms with van der Waals surface area (Å²) in [5.74, 6) is 2.38. The van der Waals surface area contributed by atoms with Gasteiger partial charge in [-0.05, 0) is 60.9 Å². The first kappa shape index (κ1) is 25.2. The molecule has 3 heterocycles. The number of benzene rings is 2. The number of carbonyl (C=O) groups is 2. The third kappa shape index (κ3) is 5.15. The molecule has 0 spiro atoms. The predicted molar refractivity (Wildman–Crippen MR) is 144 cm³/mol. The number of amides is 4. The molecule has 2 aromatic carbocycles. The maximum Gasteiger partial charge on any atom is 0.324 e. The average molecular weight is 518 g/mol. The maximum atomic E-state index is 13.4. The summed E-state index contributed by atoms with van der Waals surface area (Å²) in [5, 5.41) is 2.78. The summed E-state index contributed by atoms with van der Waals surface area (Å²) in [6, 6.07) is 14.8. The molecular weight excluding hydrogens is 486 g/mol. The highest BCUT2D eigenvalue weighted by Gasteiger charge is 2.27. The standard InChI is InChI=1S/C28H31N5O5/c1-19-15-21(6-9-23(19)38-26-10-7-22(17-30-26)32-14-11-29-27(32)34)33-13-4-12-31(28(33)35)18-20-5-8-24(36-2)25(16-20)37-3/h5-10,15-17H,4,11-14,18H2,1-3H3,(H,29,34). The van der Waals surface area contributed by atoms with Crippen LogP contribution < -0.4 is 29.3 Å². The van der Waals surface area contributed by atoms with Crippen molar-refractivity contribution in [3.63, 3.8) is 0 Å². The van der Waals surface area contributed by atoms with Crippen LogP contribution in [0.3, 0.4) is 0 Å². The highest BCUT2D eigenvalue weighted by Crippen LogP contribution is 2.32. The van der Waals surface area contributed by atoms with Gasteiger partial charge in [-0.3, -0.25) is 9.80 Å². The van der Waals surface area contributed by atoms with E-state index in [9.17, 15) is 9.59 Å². The van der Waals surface area contributed by atoms with Crippen LogP contribution in [0.25, 0.3) is 0 Å². The zero-order chi connectivity index (χ0) is 26.6. The van der Waals surface area contributed by atoms with Crippen molar-refractivity contribution < 1.29 is 23.8 Å². The smallest absolute Gasteiger partial charge is 0.324 e. The van der Waals surface area contributed by atoms with E-state index in [1.807, 2.05) is 54.3 Å². The molecule has 1 N–H and O–H groups in total. The van der Waals surface area contributed by atoms with Gasteiger partial charge in [0, 0.05) is 44.5 Å². The Bertz CT molecular complexity index is 1330. The Kier molecular flexibility index (Phi) is 7.21. The van der Waals surface area contributed by atoms with Crippen LogP contribution >= 0.6 is 0 Å². The van der Waals surface area contributed by atoms with Gasteiger partial charge >= 0.3 is 12.1 Å². The zero-order valence-electron chi connectivity index (χ0n) is 21.8. The summed E-state index contributed by atoms with van der Waals surface area (Å²) in [4.78, 5) is 34.9. The third-order valence-corrected chi connectivity index (χ3v) is 6.71. The molecule has 2 fully saturated rings. The highest BCUT2D eigenvalue weighted by atomic mass is 16.5. The second-order valence-electron chi connectivity index (χ2n) is 9.19. The molecule has 38 heavy (non-hydrogen) atoms. The van der Waals surface area contributed by atoms with Crippen molar-refractivity contribution in [1.82, 2.24) is 15.2 Å². The molecule has 0 unspecified atom stereocenters. The number of hydrogen-bond acceptors (Lipinski definition) is 6. The number of urea groups is 2. The Hall–Kier alpha value is -4.47. The second-order valence-corrected chi connectivity index (χ2v) is 9.19. The average Bonchev–Trinajstić information content (AvgIpc) is 3.37. The van der Waals surface area contributed by atoms with E-state index < -0.39 is 0 Å². The van der Waals surface area contributed by atoms with E-state index in [4.69, 9.17) is 14.2 Å². The van der Waals surface area contributed by atoms with Gasteiger partial charge in [-0.2, -0.15) is 0 Å². The van der Waals surface area contributed by atoms with Crippen LogP contribution in [0.2, 0.25) is 0 Å². The van der Waals surface area contributed by atoms with E-state index in [-0.39, 0.29) is 12.1 Å². The normalized spacial score (nSPS) is 15.5. The van der Waals surface area contributed by atoms with Crippen molar-refractivity contribution in [3.8, 4) is 23.1 Å². The molecule has 5 rings (SSSR count). The van der Waals surface area contributed by atoms with Crippen LogP contribution in [0.1, 0.15) is 17.5 Å². The van der Waals surface area contributed by atoms with Crippen LogP contribution in [-0.4, -0.2) is 62.3 Å². The van der Waals surface area contributed by atoms with Gasteiger partial charge in [0.1, 0.15) is 5.75 Å². The summed E-state index contributed by atoms with van der Waals surface area (Å²) in [6.07, 6.45) is 2.49. The Morgan fingerprint density at radius 3 is 2.34 bits per heavy atom. The monoisotopic (exact) mass is 517 g/mol. The summed E-state index contributed by atoms with van der Waals surface area (Å²) in [5.41, 5.74) is 3.40. The number of aromatic nitrogens is 1. The number of carbonyl (C=O) groups excluding carboxylic acids is 2. The number of methoxy groups -OCH3 is 2. The minimum Gasteiger partial charge on any atom is -0.493 e. The third-order valence-electron chi connectivity index (χ3n) is 6.71. The topological polar surface area (TPSA) is 96.5 Å². The van der Waals surface area contributed by atoms with Crippen molar-refractivity contribution in [2.24, 2.45) is 0 Å². The summed E-state index contributed by atoms with van der Waals surface area (Å²) >= 11 is 0. The largest absolute Gasteiger partial charge is 0.493 e. The Balaban J connectivity index is 1.26. The van der Waals surface area contributed by atoms with E-state index in [0.717, 1.165) is 28.9 Å². The zero-order valence-corrected chi connectivity index (χ0v) is 21.8. The lowest BCUT2D eigenvalue weighted by Gasteiger charge is -2.36. The molecule has 1 aromatic heterocycles. The van der Waals surface area contributed by atoms with Crippen molar-refractivity contribution in [2.75, 3.05) is 50.2 Å². The minimum atomic E-state index is -0.124. The number of nitrogens with zero attached hydrogens (tertiary/aromatic N) is 4. The lowest BCUT2D eigenvalue weighted by atomic mass is 10.1. The SMILES string of the molecule is COc1ccc(CN2CCCN(c3ccc(Oc4ccc(N5CCNC5=O)cn4)c(C)c3)C2=O)cc1OC. The molecular formula is C28H31N5O5. The number of pyridine rings is 1. The first-order chi connectivity index (χ1) is 18.5. The van der Waals surface area contributed by atoms with Crippen LogP contribution in [0, 0.1) is 6.92 Å². The van der Waals surface area contributed by atoms with Crippen molar-refractivity contribution in [2.45, 2.75) is 19.9 Å². The lowest BCUT2D eigenvalue weighted by Crippen LogP contribution is -2.49. The van der Waals surface area contributed by atoms with Gasteiger partial charge in [-0.1, -0.05) is 6.07 Å². The molecule has 0 aliphatic carbocycles. The van der Waals surface area contributed by atoms with Crippen LogP contribution in [0.15, 0.2) is 54.7 Å². The molecule has 2 saturated heterocycles. The summed E-state index contributed by atoms with van der Waals surface area (Å²) in [7, 11) is 3.20. The molecule has 0 saturated carbocycles. The fraction of sp³-hybridized carbons (Fsp3) is 0.321. The molecule has 2 aliphatic heterocycles. The minimum absolute atomic E-state index is 0.0395. The van der Waals surface area contributed by atoms with Gasteiger partial charge in [-0.25, -0.2) is 14.6 Å². The van der Waals surface area contributed by atoms with Gasteiger partial charge in [0.15, 0.2) is 11.5 Å². The number of hydrogen-bond donors (Lipinski definition) is 1. The molecule has 2 aliphatic rings. The molecule has 4 amide bonds. The van der Waals surface area contributed by atoms with Crippen molar-refractivity contribution in [3.05, 3.63) is 65.9 Å². The fourth-order valence-corrected chi connectivity index (χ4v) is 4.71. The first-order valence-electron chi connectivity index (χ1n) is 12.5. The van der Waals surface area contributed by atoms with E-state index in [1.165, 1.54) is 0 Å². The molecule has 0 bridgehead atoms. The van der Waals surface area contributed by atoms with Gasteiger partial charge in [0.05, 0.1) is 26.1 Å². The van der Waals surface area contributed by atoms with Crippen molar-refractivity contribution in [1.29, 1.82) is 0 Å². The second kappa shape index (κ2) is 10.9. The van der Waals surface area contributed by atoms with Crippen LogP contribution in [-0.2, 0) is 6.54 Å². The predicted octanol–water partition coefficient (Wildman–Crippen LogP) is 4.56. The number of ether oxygens (including phenoxy) is 3. The van der Waals surface area contributed by atoms with E-state index in [0.29, 0.717) is 55.9 Å². The summed E-state index contributed by atoms with van der Waals surface area (Å²) < 4.78 is 16.7. The van der Waals surface area contributed by atoms with Gasteiger partial charge in [0.2, 0.25) is 5.88 Å². The van der Waals surface area contributed by atoms with Crippen LogP contribution in [0.4, 0.5) is 21.0 Å². The maximum absolute atomic E-state index is 13.4. The quantitative estimate of drug-likeness (QED) is 0.471. The van der Waals surface area contributed by atoms with Crippen LogP contribution in [0.5, 0.6) is 23.1 Å². The van der Waals surface area contributed by atoms with E-state index in [1.54, 1.807) is 36.3 Å². The van der Waals surface area contributed by atoms with E-state index in [2.05, 4.69) is 10.3 Å². The van der Waals surface area contributed by atoms with Crippen molar-refractivity contribution >= 4 is 23.4 Å². The Morgan fingerprint density at radius 2 is 1.66 bits per heavy atom. The molecule has 10 heteroatoms. The molecule has 198 valence electrons. The molecule has 3 aromatic rings. The van der Waals surface area contributed by atoms with Gasteiger partial charge < -0.3 is 24.4 Å². The van der Waals surface area contributed by atoms with Gasteiger partial charge in [-0.15, -0.1) is 0 Å². The number of rotatable bonds is 8.